The minimum atomic E-state index is -1.32. The van der Waals surface area contributed by atoms with Gasteiger partial charge in [-0.3, -0.25) is 34.0 Å². The largest absolute Gasteiger partial charge is 0.450 e. The molecule has 4 aliphatic heterocycles. The van der Waals surface area contributed by atoms with Crippen LogP contribution in [0.3, 0.4) is 0 Å². The molecule has 4 saturated heterocycles. The van der Waals surface area contributed by atoms with Gasteiger partial charge in [-0.15, -0.1) is 11.6 Å². The number of amides is 5. The lowest BCUT2D eigenvalue weighted by atomic mass is 9.96. The summed E-state index contributed by atoms with van der Waals surface area (Å²) in [6, 6.07) is -5.45. The number of alkyl halides is 1. The molecule has 0 aromatic carbocycles. The molecule has 0 aromatic heterocycles. The predicted octanol–water partition coefficient (Wildman–Crippen LogP) is 0.388. The molecule has 0 aromatic rings. The van der Waals surface area contributed by atoms with Crippen LogP contribution >= 0.6 is 11.6 Å². The van der Waals surface area contributed by atoms with Crippen molar-refractivity contribution in [3.63, 3.8) is 0 Å². The zero-order valence-electron chi connectivity index (χ0n) is 30.6. The average Bonchev–Trinajstić information content (AvgIpc) is 3.47. The summed E-state index contributed by atoms with van der Waals surface area (Å²) in [4.78, 5) is 88.2. The van der Waals surface area contributed by atoms with E-state index in [9.17, 15) is 33.9 Å². The molecule has 0 spiro atoms. The normalized spacial score (nSPS) is 34.6. The summed E-state index contributed by atoms with van der Waals surface area (Å²) in [5.74, 6) is -4.59. The summed E-state index contributed by atoms with van der Waals surface area (Å²) < 4.78 is 5.93. The minimum absolute atomic E-state index is 0.0238. The number of hydrazine groups is 2. The van der Waals surface area contributed by atoms with Crippen LogP contribution in [-0.2, 0) is 33.5 Å². The highest BCUT2D eigenvalue weighted by Gasteiger charge is 2.49. The number of carbonyl (C=O) groups is 6. The molecule has 50 heavy (non-hydrogen) atoms. The van der Waals surface area contributed by atoms with Crippen molar-refractivity contribution >= 4 is 47.1 Å². The van der Waals surface area contributed by atoms with Crippen molar-refractivity contribution in [2.24, 2.45) is 23.7 Å². The molecule has 15 nitrogen and oxygen atoms in total. The zero-order chi connectivity index (χ0) is 37.2. The third kappa shape index (κ3) is 8.54. The number of β-amino-alcohol motifs (C(OH)–C–C–N with tert-alkyl or cyclic N) is 1. The van der Waals surface area contributed by atoms with Gasteiger partial charge in [0.15, 0.2) is 6.10 Å². The summed E-state index contributed by atoms with van der Waals surface area (Å²) in [6.45, 7) is 13.3. The summed E-state index contributed by atoms with van der Waals surface area (Å²) in [7, 11) is 1.50. The van der Waals surface area contributed by atoms with Gasteiger partial charge in [0.1, 0.15) is 30.2 Å². The molecule has 4 rings (SSSR count). The number of hydrogen-bond acceptors (Lipinski definition) is 10. The molecule has 4 fully saturated rings. The van der Waals surface area contributed by atoms with Gasteiger partial charge in [0.05, 0.1) is 11.5 Å². The van der Waals surface area contributed by atoms with Crippen LogP contribution in [-0.4, -0.2) is 135 Å². The van der Waals surface area contributed by atoms with E-state index in [0.717, 1.165) is 10.0 Å². The minimum Gasteiger partial charge on any atom is -0.450 e. The van der Waals surface area contributed by atoms with Crippen LogP contribution in [0.5, 0.6) is 0 Å². The molecule has 4 heterocycles. The molecule has 4 N–H and O–H groups in total. The van der Waals surface area contributed by atoms with Crippen LogP contribution in [0.1, 0.15) is 80.6 Å². The fourth-order valence-electron chi connectivity index (χ4n) is 7.24. The van der Waals surface area contributed by atoms with E-state index in [-0.39, 0.29) is 50.7 Å². The second-order valence-electron chi connectivity index (χ2n) is 15.3. The molecule has 0 radical (unpaired) electrons. The van der Waals surface area contributed by atoms with Crippen molar-refractivity contribution in [3.8, 4) is 0 Å². The fraction of sp³-hybridized carbons (Fsp3) is 0.824. The first-order chi connectivity index (χ1) is 23.5. The van der Waals surface area contributed by atoms with Crippen molar-refractivity contribution in [1.29, 1.82) is 0 Å². The Morgan fingerprint density at radius 1 is 0.860 bits per heavy atom. The Morgan fingerprint density at radius 2 is 1.48 bits per heavy atom. The predicted molar refractivity (Wildman–Crippen MR) is 184 cm³/mol. The first kappa shape index (κ1) is 39.8. The van der Waals surface area contributed by atoms with Crippen LogP contribution < -0.4 is 16.2 Å². The van der Waals surface area contributed by atoms with Gasteiger partial charge < -0.3 is 25.0 Å². The number of cyclic esters (lactones) is 1. The van der Waals surface area contributed by atoms with Gasteiger partial charge in [-0.2, -0.15) is 0 Å². The second-order valence-corrected chi connectivity index (χ2v) is 15.9. The van der Waals surface area contributed by atoms with Gasteiger partial charge in [-0.25, -0.2) is 15.6 Å². The van der Waals surface area contributed by atoms with E-state index in [4.69, 9.17) is 16.3 Å². The highest BCUT2D eigenvalue weighted by atomic mass is 35.5. The Kier molecular flexibility index (Phi) is 13.2. The maximum absolute atomic E-state index is 14.4. The van der Waals surface area contributed by atoms with Crippen LogP contribution in [0, 0.1) is 23.7 Å². The van der Waals surface area contributed by atoms with E-state index in [1.165, 1.54) is 16.8 Å². The second kappa shape index (κ2) is 16.6. The number of esters is 1. The van der Waals surface area contributed by atoms with E-state index in [0.29, 0.717) is 12.8 Å². The van der Waals surface area contributed by atoms with Gasteiger partial charge in [0.25, 0.3) is 11.8 Å². The Labute approximate surface area is 300 Å². The molecule has 16 heteroatoms. The third-order valence-electron chi connectivity index (χ3n) is 10.4. The quantitative estimate of drug-likeness (QED) is 0.229. The van der Waals surface area contributed by atoms with E-state index in [2.05, 4.69) is 16.2 Å². The molecule has 10 atom stereocenters. The number of likely N-dealkylation sites (N-methyl/N-ethyl adjacent to an activating group) is 1. The number of fused-ring (bicyclic) bond motifs is 3. The summed E-state index contributed by atoms with van der Waals surface area (Å²) in [5.41, 5.74) is 5.83. The highest BCUT2D eigenvalue weighted by Crippen LogP contribution is 2.29. The molecule has 282 valence electrons. The maximum atomic E-state index is 14.4. The Morgan fingerprint density at radius 3 is 2.10 bits per heavy atom. The van der Waals surface area contributed by atoms with Crippen molar-refractivity contribution in [1.82, 2.24) is 36.0 Å². The number of ether oxygens (including phenoxy) is 1. The topological polar surface area (TPSA) is 181 Å². The number of rotatable bonds is 5. The molecular formula is C34H56ClN7O8. The lowest BCUT2D eigenvalue weighted by molar-refractivity contribution is -0.175. The van der Waals surface area contributed by atoms with Crippen LogP contribution in [0.2, 0.25) is 0 Å². The van der Waals surface area contributed by atoms with Crippen LogP contribution in [0.4, 0.5) is 0 Å². The number of halogens is 1. The van der Waals surface area contributed by atoms with Crippen LogP contribution in [0.25, 0.3) is 0 Å². The lowest BCUT2D eigenvalue weighted by Gasteiger charge is -2.45. The van der Waals surface area contributed by atoms with E-state index in [1.54, 1.807) is 20.8 Å². The molecule has 10 unspecified atom stereocenters. The highest BCUT2D eigenvalue weighted by molar-refractivity contribution is 6.21. The Bertz CT molecular complexity index is 1300. The first-order valence-electron chi connectivity index (χ1n) is 18.0. The van der Waals surface area contributed by atoms with E-state index in [1.807, 2.05) is 27.7 Å². The fourth-order valence-corrected chi connectivity index (χ4v) is 7.48. The van der Waals surface area contributed by atoms with E-state index < -0.39 is 95.1 Å². The standard InChI is InChI=1S/C34H56ClN7O8/c1-9-20(7)28-33(48)42-25(12-21(35)14-36-42)32(47)41-26(13-22(43)15-37-41)30(45)39(8)24(10-17(2)3)31(46)40-16-19(6)11-23(40)29(44)38-27(18(4)5)34(49)50-28/h17-28,36-37,43H,9-16H2,1-8H3,(H,38,44). The summed E-state index contributed by atoms with van der Waals surface area (Å²) in [5, 5.41) is 15.2. The smallest absolute Gasteiger partial charge is 0.329 e. The SMILES string of the molecule is CCC(C)C1OC(=O)C(C(C)C)NC(=O)C2CC(C)CN2C(=O)C(CC(C)C)N(C)C(=O)C2CC(O)CNN2C(=O)C2CC(Cl)CNN2C1=O. The van der Waals surface area contributed by atoms with Gasteiger partial charge in [0.2, 0.25) is 17.7 Å². The van der Waals surface area contributed by atoms with Gasteiger partial charge in [0, 0.05) is 39.0 Å². The number of hydrogen-bond donors (Lipinski definition) is 4. The van der Waals surface area contributed by atoms with Crippen molar-refractivity contribution in [2.75, 3.05) is 26.7 Å². The number of aliphatic hydroxyl groups is 1. The van der Waals surface area contributed by atoms with Crippen molar-refractivity contribution in [2.45, 2.75) is 128 Å². The summed E-state index contributed by atoms with van der Waals surface area (Å²) >= 11 is 6.53. The van der Waals surface area contributed by atoms with Crippen LogP contribution in [0.15, 0.2) is 0 Å². The maximum Gasteiger partial charge on any atom is 0.329 e. The molecule has 5 amide bonds. The molecular weight excluding hydrogens is 670 g/mol. The molecule has 0 saturated carbocycles. The van der Waals surface area contributed by atoms with E-state index >= 15 is 0 Å². The van der Waals surface area contributed by atoms with Crippen molar-refractivity contribution in [3.05, 3.63) is 0 Å². The lowest BCUT2D eigenvalue weighted by Crippen LogP contribution is -2.70. The van der Waals surface area contributed by atoms with Gasteiger partial charge >= 0.3 is 5.97 Å². The van der Waals surface area contributed by atoms with Gasteiger partial charge in [-0.05, 0) is 43.4 Å². The third-order valence-corrected chi connectivity index (χ3v) is 10.7. The van der Waals surface area contributed by atoms with Gasteiger partial charge in [-0.1, -0.05) is 48.5 Å². The molecule has 4 aliphatic rings. The summed E-state index contributed by atoms with van der Waals surface area (Å²) in [6.07, 6.45) is -1.29. The Hall–Kier alpha value is -3.01. The Balaban J connectivity index is 1.85. The number of aliphatic hydroxyl groups excluding tert-OH is 1. The first-order valence-corrected chi connectivity index (χ1v) is 18.4. The average molecular weight is 726 g/mol. The monoisotopic (exact) mass is 725 g/mol. The molecule has 0 bridgehead atoms. The number of nitrogens with one attached hydrogen (secondary N) is 3. The number of carbonyl (C=O) groups excluding carboxylic acids is 6. The van der Waals surface area contributed by atoms with Crippen molar-refractivity contribution < 1.29 is 38.6 Å². The number of nitrogens with zero attached hydrogens (tertiary/aromatic N) is 4. The zero-order valence-corrected chi connectivity index (χ0v) is 31.3. The molecule has 0 aliphatic carbocycles.